The van der Waals surface area contributed by atoms with Gasteiger partial charge in [0.2, 0.25) is 11.8 Å². The van der Waals surface area contributed by atoms with Gasteiger partial charge in [0.05, 0.1) is 0 Å². The molecular formula is C34H51N3O5. The summed E-state index contributed by atoms with van der Waals surface area (Å²) in [6.45, 7) is 14.3. The number of nitrogens with zero attached hydrogens (tertiary/aromatic N) is 1. The van der Waals surface area contributed by atoms with Crippen molar-refractivity contribution in [2.24, 2.45) is 0 Å². The summed E-state index contributed by atoms with van der Waals surface area (Å²) in [5.41, 5.74) is 2.75. The number of carbonyl (C=O) groups excluding carboxylic acids is 3. The summed E-state index contributed by atoms with van der Waals surface area (Å²) in [5.74, 6) is -0.486. The summed E-state index contributed by atoms with van der Waals surface area (Å²) in [4.78, 5) is 43.0. The van der Waals surface area contributed by atoms with Crippen molar-refractivity contribution in [1.29, 1.82) is 0 Å². The Bertz CT molecular complexity index is 1160. The number of benzene rings is 2. The third-order valence-electron chi connectivity index (χ3n) is 7.01. The van der Waals surface area contributed by atoms with Crippen molar-refractivity contribution in [2.75, 3.05) is 13.1 Å². The van der Waals surface area contributed by atoms with Crippen LogP contribution in [0.4, 0.5) is 4.79 Å². The van der Waals surface area contributed by atoms with E-state index in [4.69, 9.17) is 4.74 Å². The third kappa shape index (κ3) is 11.4. The molecule has 0 heterocycles. The van der Waals surface area contributed by atoms with Crippen LogP contribution in [0.2, 0.25) is 0 Å². The molecule has 2 aromatic rings. The summed E-state index contributed by atoms with van der Waals surface area (Å²) >= 11 is 0. The van der Waals surface area contributed by atoms with Crippen LogP contribution < -0.4 is 10.6 Å². The quantitative estimate of drug-likeness (QED) is 0.208. The monoisotopic (exact) mass is 581 g/mol. The minimum Gasteiger partial charge on any atom is -0.508 e. The minimum absolute atomic E-state index is 0.109. The standard InChI is InChI=1S/C34H51N3O5/c1-8-10-12-20-35-31(39)30(28-19-14-24(3)22-25(28)4)37(21-13-11-9-2)32(40)29(36-33(41)42-34(5,6)7)23-26-15-17-27(38)18-16-26/h14-19,22,29-30,38H,8-13,20-21,23H2,1-7H3,(H,35,39)(H,36,41). The number of hydrogen-bond acceptors (Lipinski definition) is 5. The molecule has 3 amide bonds. The van der Waals surface area contributed by atoms with Crippen molar-refractivity contribution in [3.05, 3.63) is 64.7 Å². The van der Waals surface area contributed by atoms with E-state index in [1.165, 1.54) is 0 Å². The fourth-order valence-corrected chi connectivity index (χ4v) is 4.88. The predicted octanol–water partition coefficient (Wildman–Crippen LogP) is 6.51. The molecule has 0 bridgehead atoms. The molecule has 8 heteroatoms. The van der Waals surface area contributed by atoms with Crippen LogP contribution in [0.5, 0.6) is 5.75 Å². The lowest BCUT2D eigenvalue weighted by Gasteiger charge is -2.35. The highest BCUT2D eigenvalue weighted by Crippen LogP contribution is 2.28. The molecule has 0 saturated heterocycles. The Labute approximate surface area is 252 Å². The minimum atomic E-state index is -0.993. The van der Waals surface area contributed by atoms with Gasteiger partial charge in [0, 0.05) is 19.5 Å². The number of nitrogens with one attached hydrogen (secondary N) is 2. The number of phenols is 1. The SMILES string of the molecule is CCCCCNC(=O)C(c1ccc(C)cc1C)N(CCCCC)C(=O)C(Cc1ccc(O)cc1)NC(=O)OC(C)(C)C. The zero-order valence-corrected chi connectivity index (χ0v) is 26.6. The normalized spacial score (nSPS) is 12.7. The number of rotatable bonds is 15. The highest BCUT2D eigenvalue weighted by Gasteiger charge is 2.36. The first-order valence-corrected chi connectivity index (χ1v) is 15.3. The molecule has 232 valence electrons. The van der Waals surface area contributed by atoms with Crippen molar-refractivity contribution < 1.29 is 24.2 Å². The molecule has 0 aliphatic rings. The summed E-state index contributed by atoms with van der Waals surface area (Å²) in [6.07, 6.45) is 4.91. The van der Waals surface area contributed by atoms with Gasteiger partial charge in [-0.3, -0.25) is 9.59 Å². The Kier molecular flexibility index (Phi) is 13.8. The molecule has 0 radical (unpaired) electrons. The van der Waals surface area contributed by atoms with Gasteiger partial charge in [0.1, 0.15) is 23.4 Å². The number of ether oxygens (including phenoxy) is 1. The lowest BCUT2D eigenvalue weighted by Crippen LogP contribution is -2.54. The maximum atomic E-state index is 14.5. The summed E-state index contributed by atoms with van der Waals surface area (Å²) in [6, 6.07) is 10.6. The molecule has 2 atom stereocenters. The predicted molar refractivity (Wildman–Crippen MR) is 167 cm³/mol. The number of amides is 3. The van der Waals surface area contributed by atoms with Crippen molar-refractivity contribution >= 4 is 17.9 Å². The van der Waals surface area contributed by atoms with Crippen molar-refractivity contribution in [3.63, 3.8) is 0 Å². The summed E-state index contributed by atoms with van der Waals surface area (Å²) < 4.78 is 5.51. The van der Waals surface area contributed by atoms with Crippen LogP contribution in [0.1, 0.15) is 101 Å². The Hall–Kier alpha value is -3.55. The Morgan fingerprint density at radius 2 is 1.57 bits per heavy atom. The molecule has 8 nitrogen and oxygen atoms in total. The van der Waals surface area contributed by atoms with Crippen LogP contribution in [0, 0.1) is 13.8 Å². The number of carbonyl (C=O) groups is 3. The van der Waals surface area contributed by atoms with E-state index >= 15 is 0 Å². The molecule has 0 aliphatic carbocycles. The summed E-state index contributed by atoms with van der Waals surface area (Å²) in [7, 11) is 0. The molecule has 42 heavy (non-hydrogen) atoms. The van der Waals surface area contributed by atoms with Gasteiger partial charge in [-0.1, -0.05) is 75.4 Å². The molecular weight excluding hydrogens is 530 g/mol. The van der Waals surface area contributed by atoms with Gasteiger partial charge >= 0.3 is 6.09 Å². The second kappa shape index (κ2) is 16.8. The maximum absolute atomic E-state index is 14.5. The zero-order valence-electron chi connectivity index (χ0n) is 26.6. The first kappa shape index (κ1) is 34.7. The van der Waals surface area contributed by atoms with E-state index in [0.29, 0.717) is 19.5 Å². The van der Waals surface area contributed by atoms with Crippen molar-refractivity contribution in [3.8, 4) is 5.75 Å². The van der Waals surface area contributed by atoms with Gasteiger partial charge in [0.15, 0.2) is 0 Å². The molecule has 3 N–H and O–H groups in total. The molecule has 0 spiro atoms. The number of phenolic OH excluding ortho intramolecular Hbond substituents is 1. The lowest BCUT2D eigenvalue weighted by atomic mass is 9.95. The summed E-state index contributed by atoms with van der Waals surface area (Å²) in [5, 5.41) is 15.6. The van der Waals surface area contributed by atoms with Crippen LogP contribution >= 0.6 is 0 Å². The smallest absolute Gasteiger partial charge is 0.408 e. The second-order valence-corrected chi connectivity index (χ2v) is 12.1. The van der Waals surface area contributed by atoms with Crippen LogP contribution in [0.15, 0.2) is 42.5 Å². The largest absolute Gasteiger partial charge is 0.508 e. The van der Waals surface area contributed by atoms with Crippen LogP contribution in [-0.4, -0.2) is 52.6 Å². The van der Waals surface area contributed by atoms with E-state index in [2.05, 4.69) is 24.5 Å². The number of hydrogen-bond donors (Lipinski definition) is 3. The molecule has 2 unspecified atom stereocenters. The Morgan fingerprint density at radius 3 is 2.17 bits per heavy atom. The average Bonchev–Trinajstić information content (AvgIpc) is 2.91. The van der Waals surface area contributed by atoms with Crippen LogP contribution in [-0.2, 0) is 20.7 Å². The lowest BCUT2D eigenvalue weighted by molar-refractivity contribution is -0.142. The van der Waals surface area contributed by atoms with E-state index in [1.807, 2.05) is 32.0 Å². The molecule has 2 aromatic carbocycles. The van der Waals surface area contributed by atoms with E-state index in [9.17, 15) is 19.5 Å². The first-order chi connectivity index (χ1) is 19.9. The topological polar surface area (TPSA) is 108 Å². The molecule has 0 aliphatic heterocycles. The second-order valence-electron chi connectivity index (χ2n) is 12.1. The van der Waals surface area contributed by atoms with Crippen molar-refractivity contribution in [2.45, 2.75) is 111 Å². The van der Waals surface area contributed by atoms with Gasteiger partial charge in [0.25, 0.3) is 0 Å². The van der Waals surface area contributed by atoms with Gasteiger partial charge < -0.3 is 25.4 Å². The zero-order chi connectivity index (χ0) is 31.3. The van der Waals surface area contributed by atoms with Gasteiger partial charge in [-0.2, -0.15) is 0 Å². The van der Waals surface area contributed by atoms with Crippen molar-refractivity contribution in [1.82, 2.24) is 15.5 Å². The van der Waals surface area contributed by atoms with E-state index < -0.39 is 23.8 Å². The highest BCUT2D eigenvalue weighted by molar-refractivity contribution is 5.92. The van der Waals surface area contributed by atoms with Gasteiger partial charge in [-0.25, -0.2) is 4.79 Å². The Balaban J connectivity index is 2.56. The molecule has 0 saturated carbocycles. The number of aromatic hydroxyl groups is 1. The average molecular weight is 582 g/mol. The van der Waals surface area contributed by atoms with Crippen LogP contribution in [0.3, 0.4) is 0 Å². The molecule has 0 aromatic heterocycles. The first-order valence-electron chi connectivity index (χ1n) is 15.3. The number of unbranched alkanes of at least 4 members (excludes halogenated alkanes) is 4. The molecule has 0 fully saturated rings. The third-order valence-corrected chi connectivity index (χ3v) is 7.01. The fourth-order valence-electron chi connectivity index (χ4n) is 4.88. The van der Waals surface area contributed by atoms with Gasteiger partial charge in [-0.15, -0.1) is 0 Å². The van der Waals surface area contributed by atoms with E-state index in [-0.39, 0.29) is 24.0 Å². The molecule has 2 rings (SSSR count). The number of alkyl carbamates (subject to hydrolysis) is 1. The highest BCUT2D eigenvalue weighted by atomic mass is 16.6. The van der Waals surface area contributed by atoms with Gasteiger partial charge in [-0.05, 0) is 76.3 Å². The van der Waals surface area contributed by atoms with E-state index in [1.54, 1.807) is 49.9 Å². The fraction of sp³-hybridized carbons (Fsp3) is 0.559. The van der Waals surface area contributed by atoms with Crippen LogP contribution in [0.25, 0.3) is 0 Å². The number of aryl methyl sites for hydroxylation is 2. The maximum Gasteiger partial charge on any atom is 0.408 e. The Morgan fingerprint density at radius 1 is 0.929 bits per heavy atom. The van der Waals surface area contributed by atoms with E-state index in [0.717, 1.165) is 54.4 Å².